The predicted molar refractivity (Wildman–Crippen MR) is 83.4 cm³/mol. The fourth-order valence-corrected chi connectivity index (χ4v) is 3.13. The van der Waals surface area contributed by atoms with Gasteiger partial charge in [-0.3, -0.25) is 4.79 Å². The highest BCUT2D eigenvalue weighted by Gasteiger charge is 2.24. The Hall–Kier alpha value is -1.51. The number of hydrogen-bond acceptors (Lipinski definition) is 2. The van der Waals surface area contributed by atoms with Crippen LogP contribution in [0.2, 0.25) is 0 Å². The van der Waals surface area contributed by atoms with Crippen molar-refractivity contribution in [2.45, 2.75) is 51.5 Å². The Morgan fingerprint density at radius 3 is 2.90 bits per heavy atom. The lowest BCUT2D eigenvalue weighted by atomic mass is 9.86. The molecule has 1 saturated carbocycles. The number of carbonyl (C=O) groups is 1. The first-order valence-corrected chi connectivity index (χ1v) is 7.66. The Morgan fingerprint density at radius 1 is 1.40 bits per heavy atom. The quantitative estimate of drug-likeness (QED) is 0.857. The van der Waals surface area contributed by atoms with Crippen LogP contribution in [-0.4, -0.2) is 23.9 Å². The van der Waals surface area contributed by atoms with Gasteiger partial charge in [0.05, 0.1) is 0 Å². The van der Waals surface area contributed by atoms with Gasteiger partial charge in [0.1, 0.15) is 0 Å². The normalized spacial score (nSPS) is 22.5. The van der Waals surface area contributed by atoms with E-state index >= 15 is 0 Å². The third-order valence-electron chi connectivity index (χ3n) is 4.43. The third kappa shape index (κ3) is 3.99. The van der Waals surface area contributed by atoms with Crippen molar-refractivity contribution in [1.29, 1.82) is 0 Å². The molecule has 2 N–H and O–H groups in total. The molecule has 1 aromatic rings. The van der Waals surface area contributed by atoms with E-state index in [1.807, 2.05) is 36.2 Å². The summed E-state index contributed by atoms with van der Waals surface area (Å²) in [4.78, 5) is 14.3. The minimum absolute atomic E-state index is 0.256. The number of nitrogens with two attached hydrogens (primary N) is 1. The van der Waals surface area contributed by atoms with Gasteiger partial charge in [0.15, 0.2) is 0 Å². The van der Waals surface area contributed by atoms with Crippen molar-refractivity contribution in [3.05, 3.63) is 29.8 Å². The fourth-order valence-electron chi connectivity index (χ4n) is 3.13. The lowest BCUT2D eigenvalue weighted by molar-refractivity contribution is -0.132. The standard InChI is InChI=1S/C17H26N2O/c1-13-5-3-8-16(11-13)19(2)17(20)10-9-14-6-4-7-15(18)12-14/h4,6-7,12-13,16H,3,5,8-11,18H2,1-2H3. The van der Waals surface area contributed by atoms with Gasteiger partial charge in [-0.2, -0.15) is 0 Å². The lowest BCUT2D eigenvalue weighted by Crippen LogP contribution is -2.39. The number of nitrogen functional groups attached to an aromatic ring is 1. The molecule has 3 nitrogen and oxygen atoms in total. The molecule has 0 radical (unpaired) electrons. The number of rotatable bonds is 4. The zero-order valence-corrected chi connectivity index (χ0v) is 12.6. The van der Waals surface area contributed by atoms with Crippen LogP contribution in [0.15, 0.2) is 24.3 Å². The second-order valence-corrected chi connectivity index (χ2v) is 6.18. The van der Waals surface area contributed by atoms with E-state index < -0.39 is 0 Å². The monoisotopic (exact) mass is 274 g/mol. The zero-order valence-electron chi connectivity index (χ0n) is 12.6. The smallest absolute Gasteiger partial charge is 0.222 e. The van der Waals surface area contributed by atoms with Gasteiger partial charge in [0.25, 0.3) is 0 Å². The molecule has 20 heavy (non-hydrogen) atoms. The Morgan fingerprint density at radius 2 is 2.20 bits per heavy atom. The molecule has 0 spiro atoms. The van der Waals surface area contributed by atoms with Crippen molar-refractivity contribution in [2.75, 3.05) is 12.8 Å². The number of amides is 1. The largest absolute Gasteiger partial charge is 0.399 e. The maximum atomic E-state index is 12.3. The minimum atomic E-state index is 0.256. The van der Waals surface area contributed by atoms with E-state index in [1.165, 1.54) is 12.8 Å². The van der Waals surface area contributed by atoms with Crippen LogP contribution >= 0.6 is 0 Å². The van der Waals surface area contributed by atoms with Gasteiger partial charge in [-0.25, -0.2) is 0 Å². The summed E-state index contributed by atoms with van der Waals surface area (Å²) in [7, 11) is 1.96. The molecule has 1 fully saturated rings. The topological polar surface area (TPSA) is 46.3 Å². The van der Waals surface area contributed by atoms with E-state index in [4.69, 9.17) is 5.73 Å². The van der Waals surface area contributed by atoms with Crippen molar-refractivity contribution in [1.82, 2.24) is 4.90 Å². The van der Waals surface area contributed by atoms with Gasteiger partial charge >= 0.3 is 0 Å². The van der Waals surface area contributed by atoms with Crippen LogP contribution in [0.3, 0.4) is 0 Å². The number of anilines is 1. The highest BCUT2D eigenvalue weighted by Crippen LogP contribution is 2.27. The molecule has 1 aliphatic carbocycles. The molecule has 0 aromatic heterocycles. The highest BCUT2D eigenvalue weighted by molar-refractivity contribution is 5.76. The molecule has 1 amide bonds. The first-order valence-electron chi connectivity index (χ1n) is 7.66. The maximum Gasteiger partial charge on any atom is 0.222 e. The SMILES string of the molecule is CC1CCCC(N(C)C(=O)CCc2cccc(N)c2)C1. The van der Waals surface area contributed by atoms with Crippen molar-refractivity contribution >= 4 is 11.6 Å². The Kier molecular flexibility index (Phi) is 5.05. The summed E-state index contributed by atoms with van der Waals surface area (Å²) in [5.41, 5.74) is 7.67. The second kappa shape index (κ2) is 6.78. The van der Waals surface area contributed by atoms with Gasteiger partial charge < -0.3 is 10.6 Å². The average Bonchev–Trinajstić information content (AvgIpc) is 2.44. The van der Waals surface area contributed by atoms with Crippen LogP contribution in [0.1, 0.15) is 44.6 Å². The summed E-state index contributed by atoms with van der Waals surface area (Å²) in [6, 6.07) is 8.25. The molecule has 0 bridgehead atoms. The fraction of sp³-hybridized carbons (Fsp3) is 0.588. The number of hydrogen-bond donors (Lipinski definition) is 1. The van der Waals surface area contributed by atoms with E-state index in [2.05, 4.69) is 6.92 Å². The number of carbonyl (C=O) groups excluding carboxylic acids is 1. The molecule has 2 rings (SSSR count). The highest BCUT2D eigenvalue weighted by atomic mass is 16.2. The van der Waals surface area contributed by atoms with Gasteiger partial charge in [-0.05, 0) is 42.9 Å². The molecule has 0 heterocycles. The van der Waals surface area contributed by atoms with Gasteiger partial charge in [-0.1, -0.05) is 31.9 Å². The molecular weight excluding hydrogens is 248 g/mol. The summed E-state index contributed by atoms with van der Waals surface area (Å²) >= 11 is 0. The van der Waals surface area contributed by atoms with Crippen molar-refractivity contribution in [3.8, 4) is 0 Å². The van der Waals surface area contributed by atoms with Crippen molar-refractivity contribution < 1.29 is 4.79 Å². The number of aryl methyl sites for hydroxylation is 1. The molecule has 110 valence electrons. The van der Waals surface area contributed by atoms with Gasteiger partial charge in [0.2, 0.25) is 5.91 Å². The summed E-state index contributed by atoms with van der Waals surface area (Å²) in [5, 5.41) is 0. The van der Waals surface area contributed by atoms with Gasteiger partial charge in [-0.15, -0.1) is 0 Å². The molecular formula is C17H26N2O. The number of benzene rings is 1. The maximum absolute atomic E-state index is 12.3. The first kappa shape index (κ1) is 14.9. The van der Waals surface area contributed by atoms with E-state index in [0.29, 0.717) is 12.5 Å². The first-order chi connectivity index (χ1) is 9.56. The number of nitrogens with zero attached hydrogens (tertiary/aromatic N) is 1. The summed E-state index contributed by atoms with van der Waals surface area (Å²) in [5.74, 6) is 1.00. The van der Waals surface area contributed by atoms with E-state index in [9.17, 15) is 4.79 Å². The lowest BCUT2D eigenvalue weighted by Gasteiger charge is -2.34. The molecule has 1 aromatic carbocycles. The van der Waals surface area contributed by atoms with Crippen LogP contribution in [0, 0.1) is 5.92 Å². The van der Waals surface area contributed by atoms with Crippen LogP contribution in [0.25, 0.3) is 0 Å². The van der Waals surface area contributed by atoms with E-state index in [-0.39, 0.29) is 5.91 Å². The minimum Gasteiger partial charge on any atom is -0.399 e. The molecule has 3 heteroatoms. The predicted octanol–water partition coefficient (Wildman–Crippen LogP) is 3.24. The molecule has 0 aliphatic heterocycles. The van der Waals surface area contributed by atoms with Crippen LogP contribution < -0.4 is 5.73 Å². The third-order valence-corrected chi connectivity index (χ3v) is 4.43. The van der Waals surface area contributed by atoms with E-state index in [1.54, 1.807) is 0 Å². The average molecular weight is 274 g/mol. The molecule has 1 aliphatic rings. The summed E-state index contributed by atoms with van der Waals surface area (Å²) in [6.45, 7) is 2.29. The van der Waals surface area contributed by atoms with Gasteiger partial charge in [0, 0.05) is 25.2 Å². The summed E-state index contributed by atoms with van der Waals surface area (Å²) < 4.78 is 0. The zero-order chi connectivity index (χ0) is 14.5. The Bertz CT molecular complexity index is 458. The van der Waals surface area contributed by atoms with Crippen molar-refractivity contribution in [3.63, 3.8) is 0 Å². The van der Waals surface area contributed by atoms with Crippen LogP contribution in [0.4, 0.5) is 5.69 Å². The molecule has 0 saturated heterocycles. The molecule has 2 atom stereocenters. The molecule has 2 unspecified atom stereocenters. The van der Waals surface area contributed by atoms with Crippen LogP contribution in [-0.2, 0) is 11.2 Å². The second-order valence-electron chi connectivity index (χ2n) is 6.18. The van der Waals surface area contributed by atoms with Crippen LogP contribution in [0.5, 0.6) is 0 Å². The van der Waals surface area contributed by atoms with E-state index in [0.717, 1.165) is 36.4 Å². The Labute approximate surface area is 122 Å². The Balaban J connectivity index is 1.84. The summed E-state index contributed by atoms with van der Waals surface area (Å²) in [6.07, 6.45) is 6.22. The van der Waals surface area contributed by atoms with Crippen molar-refractivity contribution in [2.24, 2.45) is 5.92 Å².